The van der Waals surface area contributed by atoms with Crippen molar-refractivity contribution in [3.8, 4) is 5.75 Å². The fourth-order valence-electron chi connectivity index (χ4n) is 6.33. The van der Waals surface area contributed by atoms with E-state index in [0.29, 0.717) is 35.6 Å². The zero-order valence-electron chi connectivity index (χ0n) is 26.6. The van der Waals surface area contributed by atoms with Crippen LogP contribution in [0.1, 0.15) is 45.9 Å². The quantitative estimate of drug-likeness (QED) is 0.0458. The summed E-state index contributed by atoms with van der Waals surface area (Å²) < 4.78 is 12.3. The summed E-state index contributed by atoms with van der Waals surface area (Å²) in [6.45, 7) is 0.474. The van der Waals surface area contributed by atoms with Crippen molar-refractivity contribution in [2.24, 2.45) is 15.2 Å². The first-order valence-electron chi connectivity index (χ1n) is 16.0. The molecule has 0 spiro atoms. The molecule has 0 bridgehead atoms. The highest BCUT2D eigenvalue weighted by Crippen LogP contribution is 2.45. The average molecular weight is 658 g/mol. The number of hydrogen-bond acceptors (Lipinski definition) is 8. The van der Waals surface area contributed by atoms with Crippen molar-refractivity contribution in [1.82, 2.24) is 10.9 Å². The number of nitrogens with one attached hydrogen (secondary N) is 2. The molecule has 49 heavy (non-hydrogen) atoms. The van der Waals surface area contributed by atoms with Crippen LogP contribution in [0.5, 0.6) is 5.75 Å². The van der Waals surface area contributed by atoms with Crippen molar-refractivity contribution in [3.63, 3.8) is 0 Å². The number of nitrogens with zero attached hydrogens (tertiary/aromatic N) is 7. The van der Waals surface area contributed by atoms with Gasteiger partial charge >= 0.3 is 0 Å². The van der Waals surface area contributed by atoms with Crippen LogP contribution < -0.4 is 15.6 Å². The molecule has 1 aliphatic carbocycles. The van der Waals surface area contributed by atoms with Crippen LogP contribution in [0, 0.1) is 0 Å². The van der Waals surface area contributed by atoms with Gasteiger partial charge in [0.25, 0.3) is 5.91 Å². The van der Waals surface area contributed by atoms with E-state index in [-0.39, 0.29) is 31.5 Å². The fourth-order valence-corrected chi connectivity index (χ4v) is 6.33. The number of benzene rings is 4. The van der Waals surface area contributed by atoms with E-state index in [1.165, 1.54) is 11.1 Å². The van der Waals surface area contributed by atoms with Gasteiger partial charge in [0.05, 0.1) is 13.2 Å². The molecule has 0 saturated carbocycles. The lowest BCUT2D eigenvalue weighted by Gasteiger charge is -2.32. The third-order valence-corrected chi connectivity index (χ3v) is 8.73. The van der Waals surface area contributed by atoms with E-state index in [1.807, 2.05) is 36.4 Å². The molecule has 0 fully saturated rings. The number of carbonyl (C=O) groups is 1. The topological polar surface area (TPSA) is 190 Å². The predicted octanol–water partition coefficient (Wildman–Crippen LogP) is 6.49. The second-order valence-corrected chi connectivity index (χ2v) is 11.8. The van der Waals surface area contributed by atoms with Gasteiger partial charge in [0.2, 0.25) is 5.90 Å². The number of fused-ring (bicyclic) bond motifs is 1. The van der Waals surface area contributed by atoms with Crippen LogP contribution in [-0.2, 0) is 35.3 Å². The maximum atomic E-state index is 14.8. The highest BCUT2D eigenvalue weighted by Gasteiger charge is 2.54. The Morgan fingerprint density at radius 3 is 2.35 bits per heavy atom. The Morgan fingerprint density at radius 1 is 0.939 bits per heavy atom. The molecule has 1 amide bonds. The third kappa shape index (κ3) is 7.35. The summed E-state index contributed by atoms with van der Waals surface area (Å²) in [5.41, 5.74) is 28.5. The zero-order chi connectivity index (χ0) is 34.1. The van der Waals surface area contributed by atoms with E-state index in [0.717, 1.165) is 24.0 Å². The van der Waals surface area contributed by atoms with E-state index in [4.69, 9.17) is 25.1 Å². The number of hydrazine groups is 1. The molecule has 4 aromatic carbocycles. The molecule has 3 N–H and O–H groups in total. The molecule has 1 heterocycles. The highest BCUT2D eigenvalue weighted by atomic mass is 16.5. The number of aliphatic hydroxyl groups excluding tert-OH is 1. The molecule has 13 heteroatoms. The summed E-state index contributed by atoms with van der Waals surface area (Å²) in [6.07, 6.45) is 1.06. The summed E-state index contributed by atoms with van der Waals surface area (Å²) in [4.78, 5) is 25.8. The van der Waals surface area contributed by atoms with Crippen molar-refractivity contribution >= 4 is 17.5 Å². The van der Waals surface area contributed by atoms with Crippen LogP contribution in [0.4, 0.5) is 5.69 Å². The van der Waals surface area contributed by atoms with E-state index < -0.39 is 17.6 Å². The Morgan fingerprint density at radius 2 is 1.63 bits per heavy atom. The maximum Gasteiger partial charge on any atom is 0.266 e. The Bertz CT molecular complexity index is 1910. The zero-order valence-corrected chi connectivity index (χ0v) is 26.6. The van der Waals surface area contributed by atoms with Crippen molar-refractivity contribution in [3.05, 3.63) is 151 Å². The van der Waals surface area contributed by atoms with Crippen LogP contribution >= 0.6 is 0 Å². The lowest BCUT2D eigenvalue weighted by atomic mass is 9.80. The predicted molar refractivity (Wildman–Crippen MR) is 184 cm³/mol. The van der Waals surface area contributed by atoms with Gasteiger partial charge in [-0.3, -0.25) is 10.2 Å². The first-order chi connectivity index (χ1) is 24.0. The van der Waals surface area contributed by atoms with Crippen LogP contribution in [-0.4, -0.2) is 41.7 Å². The number of amides is 1. The fraction of sp³-hybridized carbons (Fsp3) is 0.278. The number of carbonyl (C=O) groups excluding carboxylic acids is 1. The van der Waals surface area contributed by atoms with Crippen molar-refractivity contribution in [2.75, 3.05) is 13.2 Å². The smallest absolute Gasteiger partial charge is 0.266 e. The van der Waals surface area contributed by atoms with Gasteiger partial charge in [-0.15, -0.1) is 0 Å². The summed E-state index contributed by atoms with van der Waals surface area (Å²) in [5, 5.41) is 16.8. The molecule has 0 aromatic heterocycles. The molecular weight excluding hydrogens is 622 g/mol. The number of aliphatic imine (C=N–C) groups is 1. The minimum atomic E-state index is -1.60. The van der Waals surface area contributed by atoms with E-state index in [1.54, 1.807) is 48.5 Å². The second-order valence-electron chi connectivity index (χ2n) is 11.8. The van der Waals surface area contributed by atoms with E-state index in [2.05, 4.69) is 43.0 Å². The van der Waals surface area contributed by atoms with Gasteiger partial charge in [0.1, 0.15) is 5.75 Å². The summed E-state index contributed by atoms with van der Waals surface area (Å²) in [6, 6.07) is 29.7. The van der Waals surface area contributed by atoms with E-state index in [9.17, 15) is 10.3 Å². The molecule has 248 valence electrons. The number of aliphatic hydroxyl groups is 1. The Balaban J connectivity index is 1.43. The molecule has 2 aliphatic rings. The number of hydrogen-bond donors (Lipinski definition) is 3. The van der Waals surface area contributed by atoms with Crippen LogP contribution in [0.3, 0.4) is 0 Å². The third-order valence-electron chi connectivity index (χ3n) is 8.73. The maximum absolute atomic E-state index is 14.8. The van der Waals surface area contributed by atoms with Gasteiger partial charge in [-0.25, -0.2) is 10.4 Å². The van der Waals surface area contributed by atoms with Crippen molar-refractivity contribution < 1.29 is 19.4 Å². The average Bonchev–Trinajstić information content (AvgIpc) is 3.73. The van der Waals surface area contributed by atoms with Gasteiger partial charge < -0.3 is 14.6 Å². The van der Waals surface area contributed by atoms with Gasteiger partial charge in [-0.1, -0.05) is 83.0 Å². The SMILES string of the molecule is [N-]=[N+]=NCc1ccccc1C[C@]1(C(=O)NNC2Cc3ccccc3C2)N=C(c2ccc(OCCCO)cc2)O[C@H]1c1ccccc1N=[N+]=[N-]. The summed E-state index contributed by atoms with van der Waals surface area (Å²) in [5.74, 6) is 0.388. The van der Waals surface area contributed by atoms with Crippen molar-refractivity contribution in [1.29, 1.82) is 0 Å². The first kappa shape index (κ1) is 33.1. The highest BCUT2D eigenvalue weighted by molar-refractivity contribution is 6.01. The van der Waals surface area contributed by atoms with Crippen LogP contribution in [0.15, 0.2) is 112 Å². The molecule has 6 rings (SSSR count). The number of ether oxygens (including phenoxy) is 2. The molecule has 0 unspecified atom stereocenters. The largest absolute Gasteiger partial charge is 0.494 e. The molecule has 1 aliphatic heterocycles. The van der Waals surface area contributed by atoms with Gasteiger partial charge in [0.15, 0.2) is 11.6 Å². The lowest BCUT2D eigenvalue weighted by Crippen LogP contribution is -2.56. The van der Waals surface area contributed by atoms with Gasteiger partial charge in [-0.05, 0) is 70.4 Å². The first-order valence-corrected chi connectivity index (χ1v) is 16.0. The normalized spacial score (nSPS) is 18.0. The number of azide groups is 2. The molecular formula is C36H35N9O4. The molecule has 0 radical (unpaired) electrons. The standard InChI is InChI=1S/C36H35N9O4/c37-44-39-23-28-11-4-3-10-27(28)22-36(35(47)43-41-29-20-25-8-1-2-9-26(25)21-29)33(31-12-5-6-13-32(31)42-45-38)49-34(40-36)24-14-16-30(17-15-24)48-19-7-18-46/h1-6,8-17,29,33,41,46H,7,18-23H2,(H,43,47)/t33-,36-/m0/s1. The van der Waals surface area contributed by atoms with Gasteiger partial charge in [-0.2, -0.15) is 0 Å². The number of rotatable bonds is 14. The minimum Gasteiger partial charge on any atom is -0.494 e. The Labute approximate surface area is 282 Å². The Hall–Kier alpha value is -5.84. The molecule has 13 nitrogen and oxygen atoms in total. The van der Waals surface area contributed by atoms with Crippen LogP contribution in [0.25, 0.3) is 20.9 Å². The summed E-state index contributed by atoms with van der Waals surface area (Å²) in [7, 11) is 0. The molecule has 0 saturated heterocycles. The lowest BCUT2D eigenvalue weighted by molar-refractivity contribution is -0.130. The van der Waals surface area contributed by atoms with Gasteiger partial charge in [0, 0.05) is 52.1 Å². The molecule has 4 aromatic rings. The summed E-state index contributed by atoms with van der Waals surface area (Å²) >= 11 is 0. The monoisotopic (exact) mass is 657 g/mol. The minimum absolute atomic E-state index is 0.0279. The van der Waals surface area contributed by atoms with Crippen molar-refractivity contribution in [2.45, 2.75) is 49.9 Å². The van der Waals surface area contributed by atoms with Crippen LogP contribution in [0.2, 0.25) is 0 Å². The molecule has 2 atom stereocenters. The van der Waals surface area contributed by atoms with E-state index >= 15 is 0 Å². The Kier molecular flexibility index (Phi) is 10.4. The second kappa shape index (κ2) is 15.4.